The maximum atomic E-state index is 10.0. The molecule has 6 heteroatoms. The summed E-state index contributed by atoms with van der Waals surface area (Å²) in [6.07, 6.45) is 2.03. The summed E-state index contributed by atoms with van der Waals surface area (Å²) in [6.45, 7) is 3.20. The summed E-state index contributed by atoms with van der Waals surface area (Å²) in [7, 11) is 0. The van der Waals surface area contributed by atoms with Crippen LogP contribution >= 0.6 is 11.6 Å². The predicted molar refractivity (Wildman–Crippen MR) is 60.7 cm³/mol. The number of hydrogen-bond donors (Lipinski definition) is 2. The Labute approximate surface area is 98.8 Å². The molecule has 1 saturated heterocycles. The van der Waals surface area contributed by atoms with Crippen LogP contribution in [-0.4, -0.2) is 40.4 Å². The third kappa shape index (κ3) is 2.42. The van der Waals surface area contributed by atoms with Gasteiger partial charge in [0.15, 0.2) is 0 Å². The summed E-state index contributed by atoms with van der Waals surface area (Å²) in [5, 5.41) is 13.5. The van der Waals surface area contributed by atoms with Gasteiger partial charge >= 0.3 is 0 Å². The van der Waals surface area contributed by atoms with Gasteiger partial charge in [-0.2, -0.15) is 0 Å². The fraction of sp³-hybridized carbons (Fsp3) is 0.600. The van der Waals surface area contributed by atoms with E-state index >= 15 is 0 Å². The lowest BCUT2D eigenvalue weighted by Crippen LogP contribution is -2.37. The Morgan fingerprint density at radius 1 is 1.62 bits per heavy atom. The van der Waals surface area contributed by atoms with Crippen LogP contribution in [0.1, 0.15) is 12.0 Å². The van der Waals surface area contributed by atoms with E-state index in [0.717, 1.165) is 5.56 Å². The van der Waals surface area contributed by atoms with E-state index in [1.54, 1.807) is 0 Å². The van der Waals surface area contributed by atoms with Gasteiger partial charge in [-0.1, -0.05) is 11.6 Å². The number of aliphatic hydroxyl groups is 1. The summed E-state index contributed by atoms with van der Waals surface area (Å²) in [5.41, 5.74) is -0.0178. The topological polar surface area (TPSA) is 67.3 Å². The third-order valence-electron chi connectivity index (χ3n) is 2.69. The molecule has 16 heavy (non-hydrogen) atoms. The first-order valence-corrected chi connectivity index (χ1v) is 5.50. The minimum Gasteiger partial charge on any atom is -0.386 e. The number of halogens is 1. The van der Waals surface area contributed by atoms with Gasteiger partial charge in [0.05, 0.1) is 6.61 Å². The summed E-state index contributed by atoms with van der Waals surface area (Å²) < 4.78 is 5.15. The second-order valence-corrected chi connectivity index (χ2v) is 4.38. The van der Waals surface area contributed by atoms with Crippen LogP contribution < -0.4 is 5.32 Å². The quantitative estimate of drug-likeness (QED) is 0.776. The lowest BCUT2D eigenvalue weighted by atomic mass is 10.0. The molecule has 2 N–H and O–H groups in total. The van der Waals surface area contributed by atoms with Crippen molar-refractivity contribution in [2.24, 2.45) is 0 Å². The van der Waals surface area contributed by atoms with Crippen LogP contribution in [0.3, 0.4) is 0 Å². The fourth-order valence-electron chi connectivity index (χ4n) is 1.59. The summed E-state index contributed by atoms with van der Waals surface area (Å²) >= 11 is 5.87. The predicted octanol–water partition coefficient (Wildman–Crippen LogP) is 1.00. The molecule has 1 aliphatic rings. The number of ether oxygens (including phenoxy) is 1. The standard InChI is InChI=1S/C10H14ClN3O2/c1-7-8(11)13-6-14-9(7)12-4-10(15)2-3-16-5-10/h6,15H,2-5H2,1H3,(H,12,13,14). The maximum absolute atomic E-state index is 10.0. The molecule has 0 spiro atoms. The van der Waals surface area contributed by atoms with Gasteiger partial charge in [0, 0.05) is 25.1 Å². The average Bonchev–Trinajstić information content (AvgIpc) is 2.68. The van der Waals surface area contributed by atoms with Gasteiger partial charge in [0.1, 0.15) is 22.9 Å². The van der Waals surface area contributed by atoms with Crippen LogP contribution in [0.15, 0.2) is 6.33 Å². The first kappa shape index (κ1) is 11.6. The van der Waals surface area contributed by atoms with Crippen LogP contribution in [0.25, 0.3) is 0 Å². The molecule has 5 nitrogen and oxygen atoms in total. The van der Waals surface area contributed by atoms with E-state index in [4.69, 9.17) is 16.3 Å². The van der Waals surface area contributed by atoms with Gasteiger partial charge in [0.2, 0.25) is 0 Å². The molecule has 88 valence electrons. The van der Waals surface area contributed by atoms with Crippen molar-refractivity contribution in [3.8, 4) is 0 Å². The Balaban J connectivity index is 2.02. The Hall–Kier alpha value is -0.910. The molecule has 0 radical (unpaired) electrons. The minimum absolute atomic E-state index is 0.359. The molecule has 2 heterocycles. The number of anilines is 1. The molecular weight excluding hydrogens is 230 g/mol. The second-order valence-electron chi connectivity index (χ2n) is 4.02. The zero-order valence-corrected chi connectivity index (χ0v) is 9.79. The molecule has 0 aromatic carbocycles. The van der Waals surface area contributed by atoms with E-state index in [-0.39, 0.29) is 0 Å². The minimum atomic E-state index is -0.802. The third-order valence-corrected chi connectivity index (χ3v) is 3.07. The maximum Gasteiger partial charge on any atom is 0.137 e. The van der Waals surface area contributed by atoms with Crippen LogP contribution in [0, 0.1) is 6.92 Å². The smallest absolute Gasteiger partial charge is 0.137 e. The molecule has 1 unspecified atom stereocenters. The Morgan fingerprint density at radius 3 is 3.12 bits per heavy atom. The first-order valence-electron chi connectivity index (χ1n) is 5.12. The van der Waals surface area contributed by atoms with Crippen molar-refractivity contribution in [3.63, 3.8) is 0 Å². The Bertz CT molecular complexity index is 380. The monoisotopic (exact) mass is 243 g/mol. The van der Waals surface area contributed by atoms with Crippen LogP contribution in [0.2, 0.25) is 5.15 Å². The number of aromatic nitrogens is 2. The number of hydrogen-bond acceptors (Lipinski definition) is 5. The first-order chi connectivity index (χ1) is 7.61. The molecule has 1 atom stereocenters. The fourth-order valence-corrected chi connectivity index (χ4v) is 1.72. The van der Waals surface area contributed by atoms with Gasteiger partial charge in [-0.3, -0.25) is 0 Å². The molecule has 1 aliphatic heterocycles. The van der Waals surface area contributed by atoms with Crippen molar-refractivity contribution >= 4 is 17.4 Å². The molecule has 0 amide bonds. The summed E-state index contributed by atoms with van der Waals surface area (Å²) in [4.78, 5) is 7.94. The lowest BCUT2D eigenvalue weighted by Gasteiger charge is -2.21. The van der Waals surface area contributed by atoms with Crippen LogP contribution in [-0.2, 0) is 4.74 Å². The van der Waals surface area contributed by atoms with E-state index < -0.39 is 5.60 Å². The van der Waals surface area contributed by atoms with Crippen molar-refractivity contribution in [2.75, 3.05) is 25.1 Å². The van der Waals surface area contributed by atoms with Gasteiger partial charge < -0.3 is 15.2 Å². The Kier molecular flexibility index (Phi) is 3.28. The van der Waals surface area contributed by atoms with Crippen LogP contribution in [0.4, 0.5) is 5.82 Å². The zero-order valence-electron chi connectivity index (χ0n) is 9.03. The molecule has 1 aromatic heterocycles. The average molecular weight is 244 g/mol. The SMILES string of the molecule is Cc1c(Cl)ncnc1NCC1(O)CCOC1. The summed E-state index contributed by atoms with van der Waals surface area (Å²) in [6, 6.07) is 0. The van der Waals surface area contributed by atoms with E-state index in [2.05, 4.69) is 15.3 Å². The lowest BCUT2D eigenvalue weighted by molar-refractivity contribution is 0.0381. The van der Waals surface area contributed by atoms with E-state index in [1.807, 2.05) is 6.92 Å². The number of nitrogens with one attached hydrogen (secondary N) is 1. The highest BCUT2D eigenvalue weighted by molar-refractivity contribution is 6.30. The van der Waals surface area contributed by atoms with Gasteiger partial charge in [-0.15, -0.1) is 0 Å². The molecule has 1 aromatic rings. The highest BCUT2D eigenvalue weighted by Gasteiger charge is 2.32. The van der Waals surface area contributed by atoms with Crippen molar-refractivity contribution in [1.29, 1.82) is 0 Å². The van der Waals surface area contributed by atoms with Crippen LogP contribution in [0.5, 0.6) is 0 Å². The number of rotatable bonds is 3. The van der Waals surface area contributed by atoms with Crippen molar-refractivity contribution in [2.45, 2.75) is 18.9 Å². The molecule has 0 bridgehead atoms. The van der Waals surface area contributed by atoms with Gasteiger partial charge in [-0.25, -0.2) is 9.97 Å². The second kappa shape index (κ2) is 4.53. The van der Waals surface area contributed by atoms with E-state index in [0.29, 0.717) is 37.2 Å². The number of nitrogens with zero attached hydrogens (tertiary/aromatic N) is 2. The van der Waals surface area contributed by atoms with Crippen molar-refractivity contribution in [3.05, 3.63) is 17.0 Å². The van der Waals surface area contributed by atoms with E-state index in [9.17, 15) is 5.11 Å². The highest BCUT2D eigenvalue weighted by Crippen LogP contribution is 2.21. The molecular formula is C10H14ClN3O2. The largest absolute Gasteiger partial charge is 0.386 e. The van der Waals surface area contributed by atoms with Gasteiger partial charge in [0.25, 0.3) is 0 Å². The van der Waals surface area contributed by atoms with Crippen molar-refractivity contribution < 1.29 is 9.84 Å². The Morgan fingerprint density at radius 2 is 2.44 bits per heavy atom. The molecule has 0 saturated carbocycles. The zero-order chi connectivity index (χ0) is 11.6. The van der Waals surface area contributed by atoms with E-state index in [1.165, 1.54) is 6.33 Å². The van der Waals surface area contributed by atoms with Crippen molar-refractivity contribution in [1.82, 2.24) is 9.97 Å². The highest BCUT2D eigenvalue weighted by atomic mass is 35.5. The van der Waals surface area contributed by atoms with Gasteiger partial charge in [-0.05, 0) is 6.92 Å². The summed E-state index contributed by atoms with van der Waals surface area (Å²) in [5.74, 6) is 0.653. The molecule has 1 fully saturated rings. The molecule has 2 rings (SSSR count). The normalized spacial score (nSPS) is 24.7. The molecule has 0 aliphatic carbocycles.